The van der Waals surface area contributed by atoms with E-state index in [1.165, 1.54) is 18.4 Å². The van der Waals surface area contributed by atoms with E-state index in [1.807, 2.05) is 25.3 Å². The van der Waals surface area contributed by atoms with Crippen molar-refractivity contribution in [1.82, 2.24) is 5.32 Å². The SMILES string of the molecule is C=CCCCC(Cc1ccc(Cl)cc1)NC. The van der Waals surface area contributed by atoms with Gasteiger partial charge in [0.1, 0.15) is 0 Å². The van der Waals surface area contributed by atoms with E-state index < -0.39 is 0 Å². The van der Waals surface area contributed by atoms with Crippen molar-refractivity contribution in [2.45, 2.75) is 31.7 Å². The third-order valence-corrected chi connectivity index (χ3v) is 3.02. The highest BCUT2D eigenvalue weighted by atomic mass is 35.5. The van der Waals surface area contributed by atoms with E-state index in [9.17, 15) is 0 Å². The predicted octanol–water partition coefficient (Wildman–Crippen LogP) is 3.83. The number of likely N-dealkylation sites (N-methyl/N-ethyl adjacent to an activating group) is 1. The lowest BCUT2D eigenvalue weighted by Gasteiger charge is -2.15. The van der Waals surface area contributed by atoms with Gasteiger partial charge in [0, 0.05) is 11.1 Å². The van der Waals surface area contributed by atoms with Crippen molar-refractivity contribution >= 4 is 11.6 Å². The summed E-state index contributed by atoms with van der Waals surface area (Å²) in [4.78, 5) is 0. The Balaban J connectivity index is 2.42. The Morgan fingerprint density at radius 3 is 2.62 bits per heavy atom. The fourth-order valence-corrected chi connectivity index (χ4v) is 1.89. The van der Waals surface area contributed by atoms with Crippen molar-refractivity contribution in [2.24, 2.45) is 0 Å². The van der Waals surface area contributed by atoms with E-state index >= 15 is 0 Å². The first-order valence-corrected chi connectivity index (χ1v) is 6.16. The molecule has 0 saturated carbocycles. The Morgan fingerprint density at radius 1 is 1.38 bits per heavy atom. The van der Waals surface area contributed by atoms with Crippen LogP contribution < -0.4 is 5.32 Å². The summed E-state index contributed by atoms with van der Waals surface area (Å²) in [6, 6.07) is 8.64. The number of rotatable bonds is 7. The van der Waals surface area contributed by atoms with Gasteiger partial charge in [-0.25, -0.2) is 0 Å². The van der Waals surface area contributed by atoms with Gasteiger partial charge >= 0.3 is 0 Å². The fourth-order valence-electron chi connectivity index (χ4n) is 1.76. The van der Waals surface area contributed by atoms with Crippen LogP contribution in [0.3, 0.4) is 0 Å². The first kappa shape index (κ1) is 13.3. The van der Waals surface area contributed by atoms with Crippen LogP contribution >= 0.6 is 11.6 Å². The van der Waals surface area contributed by atoms with E-state index in [0.717, 1.165) is 17.9 Å². The number of allylic oxidation sites excluding steroid dienone is 1. The number of hydrogen-bond donors (Lipinski definition) is 1. The van der Waals surface area contributed by atoms with Crippen molar-refractivity contribution in [3.8, 4) is 0 Å². The van der Waals surface area contributed by atoms with Crippen molar-refractivity contribution in [1.29, 1.82) is 0 Å². The van der Waals surface area contributed by atoms with Gasteiger partial charge in [-0.05, 0) is 50.4 Å². The molecule has 1 unspecified atom stereocenters. The maximum absolute atomic E-state index is 5.86. The van der Waals surface area contributed by atoms with Gasteiger partial charge in [-0.3, -0.25) is 0 Å². The smallest absolute Gasteiger partial charge is 0.0406 e. The molecule has 88 valence electrons. The number of halogens is 1. The molecule has 0 fully saturated rings. The van der Waals surface area contributed by atoms with E-state index in [2.05, 4.69) is 24.0 Å². The van der Waals surface area contributed by atoms with Crippen LogP contribution in [0, 0.1) is 0 Å². The van der Waals surface area contributed by atoms with Gasteiger partial charge in [-0.2, -0.15) is 0 Å². The maximum atomic E-state index is 5.86. The number of hydrogen-bond acceptors (Lipinski definition) is 1. The van der Waals surface area contributed by atoms with Crippen molar-refractivity contribution in [3.63, 3.8) is 0 Å². The van der Waals surface area contributed by atoms with Crippen LogP contribution in [0.4, 0.5) is 0 Å². The van der Waals surface area contributed by atoms with E-state index in [0.29, 0.717) is 6.04 Å². The van der Waals surface area contributed by atoms with Crippen LogP contribution in [0.1, 0.15) is 24.8 Å². The first-order chi connectivity index (χ1) is 7.76. The molecule has 0 bridgehead atoms. The zero-order chi connectivity index (χ0) is 11.8. The Bertz CT molecular complexity index is 305. The Labute approximate surface area is 104 Å². The summed E-state index contributed by atoms with van der Waals surface area (Å²) in [5.74, 6) is 0. The van der Waals surface area contributed by atoms with Crippen molar-refractivity contribution < 1.29 is 0 Å². The second-order valence-electron chi connectivity index (χ2n) is 4.04. The molecule has 1 aromatic carbocycles. The molecular formula is C14H20ClN. The Kier molecular flexibility index (Phi) is 6.20. The van der Waals surface area contributed by atoms with Gasteiger partial charge in [0.2, 0.25) is 0 Å². The van der Waals surface area contributed by atoms with Crippen LogP contribution in [0.25, 0.3) is 0 Å². The van der Waals surface area contributed by atoms with Crippen molar-refractivity contribution in [3.05, 3.63) is 47.5 Å². The maximum Gasteiger partial charge on any atom is 0.0406 e. The van der Waals surface area contributed by atoms with Crippen LogP contribution in [0.15, 0.2) is 36.9 Å². The summed E-state index contributed by atoms with van der Waals surface area (Å²) < 4.78 is 0. The molecule has 0 heterocycles. The highest BCUT2D eigenvalue weighted by molar-refractivity contribution is 6.30. The highest BCUT2D eigenvalue weighted by Gasteiger charge is 2.06. The molecule has 0 amide bonds. The van der Waals surface area contributed by atoms with Crippen molar-refractivity contribution in [2.75, 3.05) is 7.05 Å². The quantitative estimate of drug-likeness (QED) is 0.562. The molecule has 1 N–H and O–H groups in total. The zero-order valence-electron chi connectivity index (χ0n) is 9.88. The summed E-state index contributed by atoms with van der Waals surface area (Å²) >= 11 is 5.86. The fraction of sp³-hybridized carbons (Fsp3) is 0.429. The number of benzene rings is 1. The van der Waals surface area contributed by atoms with E-state index in [1.54, 1.807) is 0 Å². The zero-order valence-corrected chi connectivity index (χ0v) is 10.6. The van der Waals surface area contributed by atoms with Crippen LogP contribution in [-0.2, 0) is 6.42 Å². The van der Waals surface area contributed by atoms with Gasteiger partial charge in [0.15, 0.2) is 0 Å². The minimum absolute atomic E-state index is 0.543. The van der Waals surface area contributed by atoms with Gasteiger partial charge < -0.3 is 5.32 Å². The van der Waals surface area contributed by atoms with Gasteiger partial charge in [-0.15, -0.1) is 6.58 Å². The molecule has 0 saturated heterocycles. The first-order valence-electron chi connectivity index (χ1n) is 5.79. The predicted molar refractivity (Wildman–Crippen MR) is 72.1 cm³/mol. The molecule has 2 heteroatoms. The third kappa shape index (κ3) is 4.82. The summed E-state index contributed by atoms with van der Waals surface area (Å²) in [7, 11) is 2.02. The molecule has 0 aliphatic rings. The Morgan fingerprint density at radius 2 is 2.06 bits per heavy atom. The summed E-state index contributed by atoms with van der Waals surface area (Å²) in [5.41, 5.74) is 1.34. The lowest BCUT2D eigenvalue weighted by Crippen LogP contribution is -2.27. The Hall–Kier alpha value is -0.790. The molecule has 1 nitrogen and oxygen atoms in total. The lowest BCUT2D eigenvalue weighted by molar-refractivity contribution is 0.504. The number of unbranched alkanes of at least 4 members (excludes halogenated alkanes) is 1. The number of nitrogens with one attached hydrogen (secondary N) is 1. The second-order valence-corrected chi connectivity index (χ2v) is 4.47. The average molecular weight is 238 g/mol. The summed E-state index contributed by atoms with van der Waals surface area (Å²) in [5, 5.41) is 4.16. The van der Waals surface area contributed by atoms with Crippen LogP contribution in [-0.4, -0.2) is 13.1 Å². The van der Waals surface area contributed by atoms with E-state index in [4.69, 9.17) is 11.6 Å². The van der Waals surface area contributed by atoms with Crippen LogP contribution in [0.2, 0.25) is 5.02 Å². The van der Waals surface area contributed by atoms with E-state index in [-0.39, 0.29) is 0 Å². The summed E-state index contributed by atoms with van der Waals surface area (Å²) in [6.45, 7) is 3.74. The topological polar surface area (TPSA) is 12.0 Å². The second kappa shape index (κ2) is 7.48. The highest BCUT2D eigenvalue weighted by Crippen LogP contribution is 2.13. The normalized spacial score (nSPS) is 12.4. The van der Waals surface area contributed by atoms with Gasteiger partial charge in [0.05, 0.1) is 0 Å². The molecule has 1 rings (SSSR count). The monoisotopic (exact) mass is 237 g/mol. The largest absolute Gasteiger partial charge is 0.317 e. The van der Waals surface area contributed by atoms with Crippen LogP contribution in [0.5, 0.6) is 0 Å². The molecule has 0 radical (unpaired) electrons. The van der Waals surface area contributed by atoms with Gasteiger partial charge in [0.25, 0.3) is 0 Å². The molecule has 1 atom stereocenters. The molecule has 0 aromatic heterocycles. The lowest BCUT2D eigenvalue weighted by atomic mass is 10.0. The standard InChI is InChI=1S/C14H20ClN/c1-3-4-5-6-14(16-2)11-12-7-9-13(15)10-8-12/h3,7-10,14,16H,1,4-6,11H2,2H3. The molecule has 0 aliphatic heterocycles. The molecule has 16 heavy (non-hydrogen) atoms. The molecule has 0 spiro atoms. The third-order valence-electron chi connectivity index (χ3n) is 2.76. The minimum atomic E-state index is 0.543. The molecular weight excluding hydrogens is 218 g/mol. The molecule has 0 aliphatic carbocycles. The molecule has 1 aromatic rings. The minimum Gasteiger partial charge on any atom is -0.317 e. The summed E-state index contributed by atoms with van der Waals surface area (Å²) in [6.07, 6.45) is 6.52. The van der Waals surface area contributed by atoms with Gasteiger partial charge in [-0.1, -0.05) is 29.8 Å². The average Bonchev–Trinajstić information content (AvgIpc) is 2.31.